The van der Waals surface area contributed by atoms with E-state index in [4.69, 9.17) is 4.74 Å². The third-order valence-corrected chi connectivity index (χ3v) is 0.920. The molecule has 0 aromatic heterocycles. The molecule has 1 aliphatic heterocycles. The fourth-order valence-corrected chi connectivity index (χ4v) is 0.572. The van der Waals surface area contributed by atoms with Crippen molar-refractivity contribution in [1.29, 1.82) is 0 Å². The number of rotatable bonds is 0. The van der Waals surface area contributed by atoms with Gasteiger partial charge >= 0.3 is 0 Å². The second-order valence-corrected chi connectivity index (χ2v) is 1.73. The number of Topliss-reactive ketones (excluding diaryl/α,β-unsaturated/α-hetero) is 1. The lowest BCUT2D eigenvalue weighted by atomic mass is 10.2. The minimum Gasteiger partial charge on any atom is -0.364 e. The summed E-state index contributed by atoms with van der Waals surface area (Å²) < 4.78 is 4.79. The number of ketones is 1. The molecule has 2 heteroatoms. The molecule has 0 N–H and O–H groups in total. The van der Waals surface area contributed by atoms with Gasteiger partial charge in [-0.1, -0.05) is 0 Å². The van der Waals surface area contributed by atoms with Crippen LogP contribution in [0.1, 0.15) is 13.3 Å². The van der Waals surface area contributed by atoms with Crippen LogP contribution in [0, 0.1) is 6.61 Å². The van der Waals surface area contributed by atoms with Crippen molar-refractivity contribution in [2.45, 2.75) is 19.4 Å². The molecule has 1 aliphatic rings. The molecule has 1 unspecified atom stereocenters. The van der Waals surface area contributed by atoms with Crippen LogP contribution in [0.25, 0.3) is 0 Å². The monoisotopic (exact) mass is 99.0 g/mol. The molecule has 1 atom stereocenters. The van der Waals surface area contributed by atoms with Gasteiger partial charge in [-0.25, -0.2) is 0 Å². The highest BCUT2D eigenvalue weighted by Gasteiger charge is 2.18. The maximum Gasteiger partial charge on any atom is 0.167 e. The Balaban J connectivity index is 2.40. The third kappa shape index (κ3) is 0.996. The summed E-state index contributed by atoms with van der Waals surface area (Å²) in [5, 5.41) is 0. The number of ether oxygens (including phenoxy) is 1. The number of hydrogen-bond acceptors (Lipinski definition) is 2. The Hall–Kier alpha value is -0.370. The zero-order valence-electron chi connectivity index (χ0n) is 4.18. The van der Waals surface area contributed by atoms with Crippen LogP contribution in [-0.2, 0) is 9.53 Å². The van der Waals surface area contributed by atoms with Gasteiger partial charge in [0.1, 0.15) is 6.61 Å². The summed E-state index contributed by atoms with van der Waals surface area (Å²) in [6.07, 6.45) is 0.674. The Morgan fingerprint density at radius 2 is 2.71 bits per heavy atom. The van der Waals surface area contributed by atoms with Crippen LogP contribution in [-0.4, -0.2) is 11.9 Å². The van der Waals surface area contributed by atoms with Crippen molar-refractivity contribution < 1.29 is 9.53 Å². The number of carbonyl (C=O) groups excluding carboxylic acids is 1. The van der Waals surface area contributed by atoms with Gasteiger partial charge in [0.15, 0.2) is 5.78 Å². The van der Waals surface area contributed by atoms with E-state index in [2.05, 4.69) is 0 Å². The SMILES string of the molecule is CC1CC(=O)[CH]O1. The molecule has 0 aromatic carbocycles. The average Bonchev–Trinajstić information content (AvgIpc) is 1.87. The first-order valence-electron chi connectivity index (χ1n) is 2.30. The minimum absolute atomic E-state index is 0.104. The van der Waals surface area contributed by atoms with E-state index in [1.54, 1.807) is 0 Å². The molecule has 39 valence electrons. The zero-order valence-corrected chi connectivity index (χ0v) is 4.18. The highest BCUT2D eigenvalue weighted by atomic mass is 16.5. The average molecular weight is 99.1 g/mol. The summed E-state index contributed by atoms with van der Waals surface area (Å²) >= 11 is 0. The number of hydrogen-bond donors (Lipinski definition) is 0. The molecule has 0 aliphatic carbocycles. The van der Waals surface area contributed by atoms with Crippen molar-refractivity contribution in [1.82, 2.24) is 0 Å². The lowest BCUT2D eigenvalue weighted by Gasteiger charge is -1.92. The smallest absolute Gasteiger partial charge is 0.167 e. The topological polar surface area (TPSA) is 26.3 Å². The first-order chi connectivity index (χ1) is 3.29. The zero-order chi connectivity index (χ0) is 5.28. The molecule has 0 amide bonds. The van der Waals surface area contributed by atoms with E-state index >= 15 is 0 Å². The lowest BCUT2D eigenvalue weighted by molar-refractivity contribution is -0.115. The highest BCUT2D eigenvalue weighted by molar-refractivity contribution is 5.87. The molecule has 0 spiro atoms. The Morgan fingerprint density at radius 1 is 2.00 bits per heavy atom. The van der Waals surface area contributed by atoms with Gasteiger partial charge in [-0.2, -0.15) is 0 Å². The minimum atomic E-state index is 0.104. The molecule has 1 heterocycles. The van der Waals surface area contributed by atoms with Gasteiger partial charge in [-0.05, 0) is 6.92 Å². The third-order valence-electron chi connectivity index (χ3n) is 0.920. The summed E-state index contributed by atoms with van der Waals surface area (Å²) in [7, 11) is 0. The second-order valence-electron chi connectivity index (χ2n) is 1.73. The van der Waals surface area contributed by atoms with Crippen LogP contribution in [0.4, 0.5) is 0 Å². The van der Waals surface area contributed by atoms with E-state index in [1.807, 2.05) is 6.92 Å². The second kappa shape index (κ2) is 1.62. The Labute approximate surface area is 42.5 Å². The van der Waals surface area contributed by atoms with Crippen LogP contribution in [0.15, 0.2) is 0 Å². The summed E-state index contributed by atoms with van der Waals surface area (Å²) in [6.45, 7) is 3.16. The quantitative estimate of drug-likeness (QED) is 0.442. The first kappa shape index (κ1) is 4.78. The molecule has 1 fully saturated rings. The van der Waals surface area contributed by atoms with Crippen molar-refractivity contribution in [2.24, 2.45) is 0 Å². The summed E-state index contributed by atoms with van der Waals surface area (Å²) in [5.41, 5.74) is 0. The van der Waals surface area contributed by atoms with E-state index in [9.17, 15) is 4.79 Å². The van der Waals surface area contributed by atoms with Crippen molar-refractivity contribution in [3.63, 3.8) is 0 Å². The van der Waals surface area contributed by atoms with E-state index < -0.39 is 0 Å². The Bertz CT molecular complexity index is 88.1. The Kier molecular flexibility index (Phi) is 1.11. The fourth-order valence-electron chi connectivity index (χ4n) is 0.572. The van der Waals surface area contributed by atoms with Gasteiger partial charge < -0.3 is 4.74 Å². The molecule has 7 heavy (non-hydrogen) atoms. The molecular weight excluding hydrogens is 92.1 g/mol. The van der Waals surface area contributed by atoms with Crippen molar-refractivity contribution in [2.75, 3.05) is 0 Å². The van der Waals surface area contributed by atoms with E-state index in [0.29, 0.717) is 6.42 Å². The van der Waals surface area contributed by atoms with E-state index in [0.717, 1.165) is 0 Å². The van der Waals surface area contributed by atoms with Crippen molar-refractivity contribution >= 4 is 5.78 Å². The van der Waals surface area contributed by atoms with Crippen LogP contribution < -0.4 is 0 Å². The summed E-state index contributed by atoms with van der Waals surface area (Å²) in [4.78, 5) is 10.3. The lowest BCUT2D eigenvalue weighted by Crippen LogP contribution is -1.95. The molecule has 1 rings (SSSR count). The summed E-state index contributed by atoms with van der Waals surface area (Å²) in [6, 6.07) is 0. The molecule has 1 radical (unpaired) electrons. The fraction of sp³-hybridized carbons (Fsp3) is 0.600. The highest BCUT2D eigenvalue weighted by Crippen LogP contribution is 2.09. The standard InChI is InChI=1S/C5H7O2/c1-4-2-5(6)3-7-4/h3-4H,2H2,1H3. The number of carbonyl (C=O) groups is 1. The van der Waals surface area contributed by atoms with Gasteiger partial charge in [-0.15, -0.1) is 0 Å². The molecule has 0 saturated carbocycles. The predicted molar refractivity (Wildman–Crippen MR) is 24.5 cm³/mol. The van der Waals surface area contributed by atoms with Crippen LogP contribution in [0.5, 0.6) is 0 Å². The van der Waals surface area contributed by atoms with Gasteiger partial charge in [0, 0.05) is 6.42 Å². The Morgan fingerprint density at radius 3 is 2.86 bits per heavy atom. The molecule has 1 saturated heterocycles. The van der Waals surface area contributed by atoms with Crippen molar-refractivity contribution in [3.8, 4) is 0 Å². The predicted octanol–water partition coefficient (Wildman–Crippen LogP) is 0.526. The van der Waals surface area contributed by atoms with Gasteiger partial charge in [0.05, 0.1) is 6.10 Å². The van der Waals surface area contributed by atoms with Crippen LogP contribution in [0.3, 0.4) is 0 Å². The van der Waals surface area contributed by atoms with Gasteiger partial charge in [0.25, 0.3) is 0 Å². The maximum atomic E-state index is 10.3. The van der Waals surface area contributed by atoms with Crippen LogP contribution >= 0.6 is 0 Å². The van der Waals surface area contributed by atoms with E-state index in [-0.39, 0.29) is 11.9 Å². The first-order valence-corrected chi connectivity index (χ1v) is 2.30. The molecule has 2 nitrogen and oxygen atoms in total. The van der Waals surface area contributed by atoms with Crippen LogP contribution in [0.2, 0.25) is 0 Å². The molecule has 0 bridgehead atoms. The largest absolute Gasteiger partial charge is 0.364 e. The maximum absolute atomic E-state index is 10.3. The van der Waals surface area contributed by atoms with E-state index in [1.165, 1.54) is 6.61 Å². The van der Waals surface area contributed by atoms with Crippen molar-refractivity contribution in [3.05, 3.63) is 6.61 Å². The normalized spacial score (nSPS) is 31.6. The van der Waals surface area contributed by atoms with Gasteiger partial charge in [-0.3, -0.25) is 4.79 Å². The molecule has 0 aromatic rings. The summed E-state index contributed by atoms with van der Waals surface area (Å²) in [5.74, 6) is 0.104. The molecular formula is C5H7O2. The van der Waals surface area contributed by atoms with Gasteiger partial charge in [0.2, 0.25) is 0 Å².